The van der Waals surface area contributed by atoms with Gasteiger partial charge >= 0.3 is 17.9 Å². The van der Waals surface area contributed by atoms with Crippen LogP contribution in [0.2, 0.25) is 0 Å². The molecule has 356 valence electrons. The van der Waals surface area contributed by atoms with E-state index >= 15 is 0 Å². The lowest BCUT2D eigenvalue weighted by atomic mass is 10.0. The molecule has 0 heterocycles. The van der Waals surface area contributed by atoms with Crippen LogP contribution in [0, 0.1) is 11.8 Å². The highest BCUT2D eigenvalue weighted by Gasteiger charge is 2.19. The largest absolute Gasteiger partial charge is 0.462 e. The van der Waals surface area contributed by atoms with E-state index in [1.54, 1.807) is 0 Å². The third-order valence-corrected chi connectivity index (χ3v) is 12.2. The van der Waals surface area contributed by atoms with E-state index in [1.807, 2.05) is 0 Å². The number of rotatable bonds is 48. The van der Waals surface area contributed by atoms with Gasteiger partial charge in [0, 0.05) is 19.3 Å². The first-order valence-electron chi connectivity index (χ1n) is 26.7. The van der Waals surface area contributed by atoms with Crippen molar-refractivity contribution in [2.45, 2.75) is 304 Å². The zero-order valence-electron chi connectivity index (χ0n) is 41.1. The predicted molar refractivity (Wildman–Crippen MR) is 256 cm³/mol. The van der Waals surface area contributed by atoms with E-state index in [4.69, 9.17) is 14.2 Å². The maximum absolute atomic E-state index is 12.8. The normalized spacial score (nSPS) is 12.1. The first-order chi connectivity index (χ1) is 29.2. The second-order valence-corrected chi connectivity index (χ2v) is 19.5. The van der Waals surface area contributed by atoms with Crippen molar-refractivity contribution in [3.63, 3.8) is 0 Å². The third-order valence-electron chi connectivity index (χ3n) is 12.2. The van der Waals surface area contributed by atoms with E-state index < -0.39 is 6.10 Å². The van der Waals surface area contributed by atoms with E-state index in [0.29, 0.717) is 19.3 Å². The van der Waals surface area contributed by atoms with E-state index in [2.05, 4.69) is 34.6 Å². The smallest absolute Gasteiger partial charge is 0.306 e. The molecule has 0 aliphatic carbocycles. The molecule has 6 nitrogen and oxygen atoms in total. The van der Waals surface area contributed by atoms with Crippen molar-refractivity contribution in [2.24, 2.45) is 11.8 Å². The minimum atomic E-state index is -0.762. The molecule has 0 amide bonds. The monoisotopic (exact) mass is 849 g/mol. The summed E-state index contributed by atoms with van der Waals surface area (Å²) in [5.41, 5.74) is 0. The molecule has 0 bridgehead atoms. The molecule has 0 aromatic heterocycles. The van der Waals surface area contributed by atoms with Gasteiger partial charge in [0.15, 0.2) is 6.10 Å². The Bertz CT molecular complexity index is 916. The van der Waals surface area contributed by atoms with Gasteiger partial charge in [0.2, 0.25) is 0 Å². The van der Waals surface area contributed by atoms with E-state index in [1.165, 1.54) is 186 Å². The molecule has 0 radical (unpaired) electrons. The maximum Gasteiger partial charge on any atom is 0.306 e. The zero-order chi connectivity index (χ0) is 44.0. The molecular formula is C54H104O6. The van der Waals surface area contributed by atoms with Crippen LogP contribution in [-0.2, 0) is 28.6 Å². The summed E-state index contributed by atoms with van der Waals surface area (Å²) in [5.74, 6) is 0.801. The molecule has 0 unspecified atom stereocenters. The quantitative estimate of drug-likeness (QED) is 0.0345. The molecule has 0 aromatic carbocycles. The standard InChI is InChI=1S/C54H104O6/c1-6-7-8-9-10-11-12-13-16-19-24-29-34-39-44-52(55)58-47-51(48-59-53(56)45-40-35-30-26-21-23-28-33-38-43-50(4)5)60-54(57)46-41-36-31-25-20-17-14-15-18-22-27-32-37-42-49(2)3/h49-51H,6-48H2,1-5H3/t51-/m0/s1. The molecule has 60 heavy (non-hydrogen) atoms. The van der Waals surface area contributed by atoms with Crippen LogP contribution in [0.25, 0.3) is 0 Å². The first kappa shape index (κ1) is 58.4. The van der Waals surface area contributed by atoms with Gasteiger partial charge in [-0.3, -0.25) is 14.4 Å². The molecule has 1 atom stereocenters. The maximum atomic E-state index is 12.8. The number of unbranched alkanes of at least 4 members (excludes halogenated alkanes) is 33. The topological polar surface area (TPSA) is 78.9 Å². The Labute approximate surface area is 374 Å². The first-order valence-corrected chi connectivity index (χ1v) is 26.7. The Kier molecular flexibility index (Phi) is 45.7. The minimum absolute atomic E-state index is 0.0634. The zero-order valence-corrected chi connectivity index (χ0v) is 41.1. The number of carbonyl (C=O) groups is 3. The SMILES string of the molecule is CCCCCCCCCCCCCCCCC(=O)OC[C@@H](COC(=O)CCCCCCCCCCCC(C)C)OC(=O)CCCCCCCCCCCCCCCC(C)C. The van der Waals surface area contributed by atoms with Crippen LogP contribution in [0.1, 0.15) is 298 Å². The van der Waals surface area contributed by atoms with Crippen LogP contribution < -0.4 is 0 Å². The molecule has 0 rings (SSSR count). The Balaban J connectivity index is 4.31. The van der Waals surface area contributed by atoms with Crippen LogP contribution in [0.15, 0.2) is 0 Å². The van der Waals surface area contributed by atoms with Gasteiger partial charge in [0.25, 0.3) is 0 Å². The van der Waals surface area contributed by atoms with Crippen molar-refractivity contribution in [1.82, 2.24) is 0 Å². The van der Waals surface area contributed by atoms with Gasteiger partial charge in [-0.2, -0.15) is 0 Å². The molecule has 0 aliphatic heterocycles. The van der Waals surface area contributed by atoms with Crippen LogP contribution in [0.4, 0.5) is 0 Å². The highest BCUT2D eigenvalue weighted by atomic mass is 16.6. The van der Waals surface area contributed by atoms with Crippen molar-refractivity contribution in [3.8, 4) is 0 Å². The summed E-state index contributed by atoms with van der Waals surface area (Å²) in [6.45, 7) is 11.4. The van der Waals surface area contributed by atoms with E-state index in [0.717, 1.165) is 69.6 Å². The van der Waals surface area contributed by atoms with Gasteiger partial charge in [-0.15, -0.1) is 0 Å². The molecule has 0 N–H and O–H groups in total. The highest BCUT2D eigenvalue weighted by molar-refractivity contribution is 5.71. The average Bonchev–Trinajstić information content (AvgIpc) is 3.22. The molecule has 0 saturated heterocycles. The lowest BCUT2D eigenvalue weighted by Crippen LogP contribution is -2.30. The lowest BCUT2D eigenvalue weighted by molar-refractivity contribution is -0.167. The fourth-order valence-electron chi connectivity index (χ4n) is 8.17. The lowest BCUT2D eigenvalue weighted by Gasteiger charge is -2.18. The summed E-state index contributed by atoms with van der Waals surface area (Å²) >= 11 is 0. The fraction of sp³-hybridized carbons (Fsp3) is 0.944. The Morgan fingerprint density at radius 1 is 0.317 bits per heavy atom. The van der Waals surface area contributed by atoms with Gasteiger partial charge in [-0.05, 0) is 31.1 Å². The molecule has 0 aromatic rings. The number of ether oxygens (including phenoxy) is 3. The third kappa shape index (κ3) is 47.5. The molecule has 0 spiro atoms. The van der Waals surface area contributed by atoms with Crippen molar-refractivity contribution in [1.29, 1.82) is 0 Å². The minimum Gasteiger partial charge on any atom is -0.462 e. The fourth-order valence-corrected chi connectivity index (χ4v) is 8.17. The van der Waals surface area contributed by atoms with Crippen molar-refractivity contribution in [3.05, 3.63) is 0 Å². The molecule has 0 saturated carbocycles. The van der Waals surface area contributed by atoms with Crippen LogP contribution in [-0.4, -0.2) is 37.2 Å². The van der Waals surface area contributed by atoms with Gasteiger partial charge in [-0.25, -0.2) is 0 Å². The van der Waals surface area contributed by atoms with Gasteiger partial charge in [0.05, 0.1) is 0 Å². The summed E-state index contributed by atoms with van der Waals surface area (Å²) in [6, 6.07) is 0. The second kappa shape index (κ2) is 46.9. The molecule has 0 aliphatic rings. The predicted octanol–water partition coefficient (Wildman–Crippen LogP) is 17.3. The van der Waals surface area contributed by atoms with Crippen LogP contribution in [0.3, 0.4) is 0 Å². The summed E-state index contributed by atoms with van der Waals surface area (Å²) < 4.78 is 16.8. The van der Waals surface area contributed by atoms with Crippen LogP contribution in [0.5, 0.6) is 0 Å². The average molecular weight is 849 g/mol. The van der Waals surface area contributed by atoms with Gasteiger partial charge in [-0.1, -0.05) is 259 Å². The second-order valence-electron chi connectivity index (χ2n) is 19.5. The molecule has 0 fully saturated rings. The van der Waals surface area contributed by atoms with E-state index in [9.17, 15) is 14.4 Å². The Morgan fingerprint density at radius 3 is 0.817 bits per heavy atom. The van der Waals surface area contributed by atoms with Crippen molar-refractivity contribution < 1.29 is 28.6 Å². The number of carbonyl (C=O) groups excluding carboxylic acids is 3. The van der Waals surface area contributed by atoms with Crippen molar-refractivity contribution >= 4 is 17.9 Å². The Hall–Kier alpha value is -1.59. The summed E-state index contributed by atoms with van der Waals surface area (Å²) in [7, 11) is 0. The van der Waals surface area contributed by atoms with Gasteiger partial charge in [0.1, 0.15) is 13.2 Å². The Morgan fingerprint density at radius 2 is 0.550 bits per heavy atom. The summed E-state index contributed by atoms with van der Waals surface area (Å²) in [4.78, 5) is 38.0. The van der Waals surface area contributed by atoms with Crippen molar-refractivity contribution in [2.75, 3.05) is 13.2 Å². The van der Waals surface area contributed by atoms with Crippen LogP contribution >= 0.6 is 0 Å². The number of hydrogen-bond donors (Lipinski definition) is 0. The van der Waals surface area contributed by atoms with Gasteiger partial charge < -0.3 is 14.2 Å². The summed E-state index contributed by atoms with van der Waals surface area (Å²) in [5, 5.41) is 0. The number of hydrogen-bond acceptors (Lipinski definition) is 6. The van der Waals surface area contributed by atoms with E-state index in [-0.39, 0.29) is 31.1 Å². The highest BCUT2D eigenvalue weighted by Crippen LogP contribution is 2.17. The molecular weight excluding hydrogens is 745 g/mol. The number of esters is 3. The molecule has 6 heteroatoms. The summed E-state index contributed by atoms with van der Waals surface area (Å²) in [6.07, 6.45) is 48.0.